The van der Waals surface area contributed by atoms with Crippen LogP contribution in [0.3, 0.4) is 0 Å². The molecule has 0 fully saturated rings. The van der Waals surface area contributed by atoms with Gasteiger partial charge in [-0.3, -0.25) is 4.98 Å². The summed E-state index contributed by atoms with van der Waals surface area (Å²) in [7, 11) is -1.14. The third kappa shape index (κ3) is 6.71. The van der Waals surface area contributed by atoms with E-state index in [1.54, 1.807) is 46.2 Å². The van der Waals surface area contributed by atoms with Gasteiger partial charge in [0.25, 0.3) is 0 Å². The lowest BCUT2D eigenvalue weighted by atomic mass is 10.1. The number of methoxy groups -OCH3 is 1. The van der Waals surface area contributed by atoms with Gasteiger partial charge in [-0.2, -0.15) is 0 Å². The quantitative estimate of drug-likeness (QED) is 0.640. The minimum absolute atomic E-state index is 0.143. The maximum atomic E-state index is 12.0. The van der Waals surface area contributed by atoms with Crippen molar-refractivity contribution in [1.82, 2.24) is 10.3 Å². The molecule has 0 aromatic carbocycles. The van der Waals surface area contributed by atoms with Gasteiger partial charge in [0.15, 0.2) is 0 Å². The summed E-state index contributed by atoms with van der Waals surface area (Å²) < 4.78 is 21.9. The van der Waals surface area contributed by atoms with E-state index in [1.807, 2.05) is 0 Å². The molecular formula is C16H25N2O5P. The van der Waals surface area contributed by atoms with E-state index < -0.39 is 30.8 Å². The molecule has 0 aliphatic heterocycles. The van der Waals surface area contributed by atoms with Crippen molar-refractivity contribution in [3.63, 3.8) is 0 Å². The van der Waals surface area contributed by atoms with Crippen LogP contribution in [0.5, 0.6) is 0 Å². The Hall–Kier alpha value is -1.88. The number of amides is 1. The second-order valence-corrected chi connectivity index (χ2v) is 10.0. The van der Waals surface area contributed by atoms with E-state index in [1.165, 1.54) is 13.3 Å². The van der Waals surface area contributed by atoms with Crippen LogP contribution in [0.4, 0.5) is 4.79 Å². The summed E-state index contributed by atoms with van der Waals surface area (Å²) in [6.45, 7) is 8.51. The zero-order valence-electron chi connectivity index (χ0n) is 15.0. The lowest BCUT2D eigenvalue weighted by Crippen LogP contribution is -2.45. The van der Waals surface area contributed by atoms with Crippen LogP contribution >= 0.6 is 7.14 Å². The van der Waals surface area contributed by atoms with Crippen molar-refractivity contribution in [2.24, 2.45) is 0 Å². The molecule has 0 aliphatic carbocycles. The Balaban J connectivity index is 2.85. The Labute approximate surface area is 142 Å². The molecule has 1 N–H and O–H groups in total. The summed E-state index contributed by atoms with van der Waals surface area (Å²) in [5.41, 5.74) is -0.104. The number of aromatic nitrogens is 1. The highest BCUT2D eigenvalue weighted by atomic mass is 31.2. The van der Waals surface area contributed by atoms with E-state index in [0.717, 1.165) is 0 Å². The number of nitrogens with zero attached hydrogens (tertiary/aromatic N) is 1. The molecule has 0 unspecified atom stereocenters. The Bertz CT molecular complexity index is 631. The molecule has 134 valence electrons. The lowest BCUT2D eigenvalue weighted by Gasteiger charge is -2.22. The van der Waals surface area contributed by atoms with Gasteiger partial charge in [0, 0.05) is 23.6 Å². The molecule has 0 bridgehead atoms. The molecule has 1 aromatic heterocycles. The van der Waals surface area contributed by atoms with Crippen LogP contribution in [-0.2, 0) is 25.3 Å². The summed E-state index contributed by atoms with van der Waals surface area (Å²) in [5, 5.41) is 3.14. The molecule has 1 rings (SSSR count). The van der Waals surface area contributed by atoms with Gasteiger partial charge >= 0.3 is 12.1 Å². The zero-order valence-corrected chi connectivity index (χ0v) is 15.8. The van der Waals surface area contributed by atoms with Crippen molar-refractivity contribution in [2.45, 2.75) is 38.8 Å². The lowest BCUT2D eigenvalue weighted by molar-refractivity contribution is -0.143. The van der Waals surface area contributed by atoms with E-state index >= 15 is 0 Å². The second-order valence-electron chi connectivity index (χ2n) is 6.78. The van der Waals surface area contributed by atoms with Crippen LogP contribution in [0.15, 0.2) is 18.3 Å². The number of nitrogens with one attached hydrogen (secondary N) is 1. The van der Waals surface area contributed by atoms with Gasteiger partial charge in [-0.05, 0) is 46.2 Å². The molecule has 0 saturated heterocycles. The Morgan fingerprint density at radius 1 is 1.29 bits per heavy atom. The number of hydrogen-bond acceptors (Lipinski definition) is 6. The molecule has 0 spiro atoms. The van der Waals surface area contributed by atoms with E-state index in [-0.39, 0.29) is 6.42 Å². The topological polar surface area (TPSA) is 94.6 Å². The normalized spacial score (nSPS) is 13.1. The van der Waals surface area contributed by atoms with Crippen LogP contribution in [0.25, 0.3) is 0 Å². The minimum atomic E-state index is -2.39. The first-order chi connectivity index (χ1) is 10.9. The molecule has 1 heterocycles. The van der Waals surface area contributed by atoms with Gasteiger partial charge in [-0.25, -0.2) is 9.59 Å². The maximum Gasteiger partial charge on any atom is 0.408 e. The summed E-state index contributed by atoms with van der Waals surface area (Å²) in [6, 6.07) is 2.48. The van der Waals surface area contributed by atoms with Gasteiger partial charge in [-0.15, -0.1) is 0 Å². The highest BCUT2D eigenvalue weighted by Crippen LogP contribution is 2.33. The third-order valence-corrected chi connectivity index (χ3v) is 4.53. The zero-order chi connectivity index (χ0) is 18.5. The minimum Gasteiger partial charge on any atom is -0.467 e. The fourth-order valence-electron chi connectivity index (χ4n) is 1.85. The van der Waals surface area contributed by atoms with Gasteiger partial charge in [0.1, 0.15) is 18.8 Å². The second kappa shape index (κ2) is 7.79. The predicted molar refractivity (Wildman–Crippen MR) is 92.2 cm³/mol. The van der Waals surface area contributed by atoms with E-state index in [9.17, 15) is 14.2 Å². The number of pyridine rings is 1. The predicted octanol–water partition coefficient (Wildman–Crippen LogP) is 1.94. The van der Waals surface area contributed by atoms with Gasteiger partial charge in [0.05, 0.1) is 7.11 Å². The average Bonchev–Trinajstić information content (AvgIpc) is 2.43. The third-order valence-electron chi connectivity index (χ3n) is 3.02. The molecule has 1 atom stereocenters. The first-order valence-electron chi connectivity index (χ1n) is 7.50. The van der Waals surface area contributed by atoms with Gasteiger partial charge in [0.2, 0.25) is 0 Å². The maximum absolute atomic E-state index is 12.0. The van der Waals surface area contributed by atoms with Gasteiger partial charge in [-0.1, -0.05) is 0 Å². The monoisotopic (exact) mass is 356 g/mol. The summed E-state index contributed by atoms with van der Waals surface area (Å²) in [5.74, 6) is -0.594. The molecule has 0 saturated carbocycles. The van der Waals surface area contributed by atoms with Crippen molar-refractivity contribution in [2.75, 3.05) is 20.4 Å². The van der Waals surface area contributed by atoms with Crippen molar-refractivity contribution in [3.05, 3.63) is 24.0 Å². The smallest absolute Gasteiger partial charge is 0.408 e. The van der Waals surface area contributed by atoms with Gasteiger partial charge < -0.3 is 19.4 Å². The summed E-state index contributed by atoms with van der Waals surface area (Å²) in [4.78, 5) is 28.0. The largest absolute Gasteiger partial charge is 0.467 e. The van der Waals surface area contributed by atoms with Crippen molar-refractivity contribution < 1.29 is 23.6 Å². The Kier molecular flexibility index (Phi) is 6.55. The number of carbonyl (C=O) groups is 2. The van der Waals surface area contributed by atoms with Crippen LogP contribution in [0.1, 0.15) is 26.5 Å². The van der Waals surface area contributed by atoms with Crippen molar-refractivity contribution in [1.29, 1.82) is 0 Å². The molecule has 1 aromatic rings. The number of esters is 1. The van der Waals surface area contributed by atoms with E-state index in [2.05, 4.69) is 10.3 Å². The fourth-order valence-corrected chi connectivity index (χ4v) is 2.62. The van der Waals surface area contributed by atoms with Crippen LogP contribution in [-0.4, -0.2) is 49.1 Å². The molecule has 24 heavy (non-hydrogen) atoms. The number of alkyl carbamates (subject to hydrolysis) is 1. The Morgan fingerprint density at radius 2 is 1.92 bits per heavy atom. The number of ether oxygens (including phenoxy) is 2. The van der Waals surface area contributed by atoms with E-state index in [4.69, 9.17) is 9.47 Å². The first-order valence-corrected chi connectivity index (χ1v) is 10.1. The van der Waals surface area contributed by atoms with Crippen molar-refractivity contribution >= 4 is 24.5 Å². The van der Waals surface area contributed by atoms with Crippen LogP contribution < -0.4 is 10.6 Å². The summed E-state index contributed by atoms with van der Waals surface area (Å²) in [6.07, 6.45) is 0.961. The van der Waals surface area contributed by atoms with Crippen LogP contribution in [0, 0.1) is 0 Å². The first kappa shape index (κ1) is 20.2. The molecular weight excluding hydrogens is 331 g/mol. The number of hydrogen-bond donors (Lipinski definition) is 1. The number of carbonyl (C=O) groups excluding carboxylic acids is 2. The molecule has 7 nitrogen and oxygen atoms in total. The molecule has 0 aliphatic rings. The van der Waals surface area contributed by atoms with Crippen molar-refractivity contribution in [3.8, 4) is 0 Å². The molecule has 1 amide bonds. The van der Waals surface area contributed by atoms with Crippen LogP contribution in [0.2, 0.25) is 0 Å². The number of rotatable bonds is 5. The summed E-state index contributed by atoms with van der Waals surface area (Å²) >= 11 is 0. The molecule has 0 radical (unpaired) electrons. The average molecular weight is 356 g/mol. The highest BCUT2D eigenvalue weighted by Gasteiger charge is 2.26. The highest BCUT2D eigenvalue weighted by molar-refractivity contribution is 7.70. The Morgan fingerprint density at radius 3 is 2.33 bits per heavy atom. The fraction of sp³-hybridized carbons (Fsp3) is 0.562. The van der Waals surface area contributed by atoms with E-state index in [0.29, 0.717) is 11.0 Å². The standard InChI is InChI=1S/C16H25N2O5P/c1-16(2,3)23-15(20)18-13(14(19)22-4)9-11-7-8-12(10-17-11)24(5,6)21/h7-8,10,13H,9H2,1-6H3,(H,18,20)/t13-/m0/s1. The SMILES string of the molecule is COC(=O)[C@H](Cc1ccc(P(C)(C)=O)cn1)NC(=O)OC(C)(C)C. The molecule has 8 heteroatoms.